The van der Waals surface area contributed by atoms with Crippen LogP contribution in [0, 0.1) is 0 Å². The lowest BCUT2D eigenvalue weighted by Gasteiger charge is -2.11. The molecule has 2 aromatic rings. The van der Waals surface area contributed by atoms with Crippen molar-refractivity contribution in [1.29, 1.82) is 0 Å². The molecule has 0 radical (unpaired) electrons. The van der Waals surface area contributed by atoms with E-state index in [1.807, 2.05) is 12.1 Å². The molecule has 20 heavy (non-hydrogen) atoms. The molecule has 0 bridgehead atoms. The van der Waals surface area contributed by atoms with Gasteiger partial charge in [-0.3, -0.25) is 9.36 Å². The lowest BCUT2D eigenvalue weighted by atomic mass is 10.1. The molecule has 1 aliphatic rings. The molecule has 5 nitrogen and oxygen atoms in total. The van der Waals surface area contributed by atoms with Gasteiger partial charge in [-0.15, -0.1) is 0 Å². The Morgan fingerprint density at radius 2 is 2.15 bits per heavy atom. The normalized spacial score (nSPS) is 16.4. The third kappa shape index (κ3) is 2.46. The van der Waals surface area contributed by atoms with Gasteiger partial charge in [0.15, 0.2) is 5.70 Å². The zero-order chi connectivity index (χ0) is 13.9. The molecule has 3 rings (SSSR count). The Bertz CT molecular complexity index is 640. The van der Waals surface area contributed by atoms with Gasteiger partial charge in [0.05, 0.1) is 12.9 Å². The van der Waals surface area contributed by atoms with Crippen LogP contribution >= 0.6 is 15.9 Å². The summed E-state index contributed by atoms with van der Waals surface area (Å²) in [5.74, 6) is 0.385. The number of ether oxygens (including phenoxy) is 1. The van der Waals surface area contributed by atoms with Crippen LogP contribution in [-0.2, 0) is 4.74 Å². The van der Waals surface area contributed by atoms with Gasteiger partial charge in [-0.05, 0) is 24.3 Å². The zero-order valence-corrected chi connectivity index (χ0v) is 12.1. The second kappa shape index (κ2) is 5.50. The Morgan fingerprint density at radius 3 is 2.75 bits per heavy atom. The van der Waals surface area contributed by atoms with Gasteiger partial charge in [0.1, 0.15) is 6.61 Å². The topological polar surface area (TPSA) is 56.1 Å². The highest BCUT2D eigenvalue weighted by Gasteiger charge is 2.23. The molecule has 0 spiro atoms. The summed E-state index contributed by atoms with van der Waals surface area (Å²) < 4.78 is 8.09. The van der Waals surface area contributed by atoms with E-state index < -0.39 is 0 Å². The van der Waals surface area contributed by atoms with Crippen molar-refractivity contribution >= 4 is 27.4 Å². The molecule has 1 fully saturated rings. The Morgan fingerprint density at radius 1 is 1.35 bits per heavy atom. The maximum absolute atomic E-state index is 12.7. The Hall–Kier alpha value is -2.08. The minimum absolute atomic E-state index is 0.111. The van der Waals surface area contributed by atoms with Crippen molar-refractivity contribution in [3.05, 3.63) is 58.9 Å². The van der Waals surface area contributed by atoms with E-state index in [4.69, 9.17) is 4.74 Å². The van der Waals surface area contributed by atoms with Crippen molar-refractivity contribution in [1.82, 2.24) is 14.9 Å². The van der Waals surface area contributed by atoms with Crippen molar-refractivity contribution in [2.45, 2.75) is 0 Å². The summed E-state index contributed by atoms with van der Waals surface area (Å²) in [6.45, 7) is 1.25. The highest BCUT2D eigenvalue weighted by molar-refractivity contribution is 9.10. The van der Waals surface area contributed by atoms with Gasteiger partial charge in [0.2, 0.25) is 11.7 Å². The zero-order valence-electron chi connectivity index (χ0n) is 10.5. The largest absolute Gasteiger partial charge is 0.476 e. The predicted molar refractivity (Wildman–Crippen MR) is 77.9 cm³/mol. The Balaban J connectivity index is 2.04. The third-order valence-corrected chi connectivity index (χ3v) is 3.46. The summed E-state index contributed by atoms with van der Waals surface area (Å²) in [7, 11) is 0. The first-order valence-corrected chi connectivity index (χ1v) is 6.94. The van der Waals surface area contributed by atoms with Crippen molar-refractivity contribution in [3.8, 4) is 0 Å². The van der Waals surface area contributed by atoms with Crippen LogP contribution in [0.4, 0.5) is 0 Å². The fraction of sp³-hybridized carbons (Fsp3) is 0.143. The monoisotopic (exact) mass is 333 g/mol. The highest BCUT2D eigenvalue weighted by atomic mass is 79.9. The maximum Gasteiger partial charge on any atom is 0.216 e. The predicted octanol–water partition coefficient (Wildman–Crippen LogP) is 2.27. The van der Waals surface area contributed by atoms with Crippen LogP contribution < -0.4 is 5.32 Å². The number of hydrogen-bond acceptors (Lipinski definition) is 4. The molecule has 0 saturated carbocycles. The van der Waals surface area contributed by atoms with Gasteiger partial charge in [-0.1, -0.05) is 15.9 Å². The summed E-state index contributed by atoms with van der Waals surface area (Å²) in [5.41, 5.74) is 1.05. The first-order valence-electron chi connectivity index (χ1n) is 6.15. The van der Waals surface area contributed by atoms with Crippen LogP contribution in [0.15, 0.2) is 53.3 Å². The first-order chi connectivity index (χ1) is 9.75. The SMILES string of the molecule is O=C(/C(=C1\NCCO1)n1ccnc1)c1ccc(Br)cc1. The third-order valence-electron chi connectivity index (χ3n) is 2.93. The molecule has 2 heterocycles. The molecule has 0 aliphatic carbocycles. The fourth-order valence-electron chi connectivity index (χ4n) is 1.99. The van der Waals surface area contributed by atoms with Crippen LogP contribution in [0.2, 0.25) is 0 Å². The molecule has 6 heteroatoms. The van der Waals surface area contributed by atoms with E-state index in [9.17, 15) is 4.79 Å². The van der Waals surface area contributed by atoms with Gasteiger partial charge in [0, 0.05) is 22.4 Å². The molecule has 0 amide bonds. The summed E-state index contributed by atoms with van der Waals surface area (Å²) in [6, 6.07) is 7.23. The van der Waals surface area contributed by atoms with E-state index in [0.29, 0.717) is 30.3 Å². The van der Waals surface area contributed by atoms with E-state index in [2.05, 4.69) is 26.2 Å². The van der Waals surface area contributed by atoms with E-state index >= 15 is 0 Å². The molecular formula is C14H12BrN3O2. The summed E-state index contributed by atoms with van der Waals surface area (Å²) >= 11 is 3.36. The average Bonchev–Trinajstić information content (AvgIpc) is 3.13. The van der Waals surface area contributed by atoms with Crippen LogP contribution in [0.3, 0.4) is 0 Å². The second-order valence-corrected chi connectivity index (χ2v) is 5.17. The number of hydrogen-bond donors (Lipinski definition) is 1. The van der Waals surface area contributed by atoms with Gasteiger partial charge in [0.25, 0.3) is 0 Å². The summed E-state index contributed by atoms with van der Waals surface area (Å²) in [4.78, 5) is 16.7. The maximum atomic E-state index is 12.7. The van der Waals surface area contributed by atoms with Crippen molar-refractivity contribution in [2.24, 2.45) is 0 Å². The second-order valence-electron chi connectivity index (χ2n) is 4.26. The number of carbonyl (C=O) groups excluding carboxylic acids is 1. The number of rotatable bonds is 3. The fourth-order valence-corrected chi connectivity index (χ4v) is 2.25. The van der Waals surface area contributed by atoms with Crippen LogP contribution in [-0.4, -0.2) is 28.5 Å². The number of allylic oxidation sites excluding steroid dienone is 1. The summed E-state index contributed by atoms with van der Waals surface area (Å²) in [6.07, 6.45) is 4.94. The van der Waals surface area contributed by atoms with E-state index in [1.54, 1.807) is 35.4 Å². The molecule has 1 N–H and O–H groups in total. The quantitative estimate of drug-likeness (QED) is 0.691. The van der Waals surface area contributed by atoms with Crippen molar-refractivity contribution < 1.29 is 9.53 Å². The standard InChI is InChI=1S/C14H12BrN3O2/c15-11-3-1-10(2-4-11)13(19)12(14-17-6-8-20-14)18-7-5-16-9-18/h1-5,7,9,17H,6,8H2/b14-12-. The van der Waals surface area contributed by atoms with E-state index in [-0.39, 0.29) is 5.78 Å². The lowest BCUT2D eigenvalue weighted by molar-refractivity contribution is 0.104. The Labute approximate surface area is 124 Å². The number of aromatic nitrogens is 2. The van der Waals surface area contributed by atoms with Crippen molar-refractivity contribution in [3.63, 3.8) is 0 Å². The molecular weight excluding hydrogens is 322 g/mol. The van der Waals surface area contributed by atoms with Gasteiger partial charge < -0.3 is 10.1 Å². The number of carbonyl (C=O) groups is 1. The number of nitrogens with one attached hydrogen (secondary N) is 1. The molecule has 1 aliphatic heterocycles. The molecule has 102 valence electrons. The number of benzene rings is 1. The van der Waals surface area contributed by atoms with Crippen LogP contribution in [0.25, 0.3) is 5.70 Å². The van der Waals surface area contributed by atoms with Gasteiger partial charge >= 0.3 is 0 Å². The number of ketones is 1. The van der Waals surface area contributed by atoms with E-state index in [1.165, 1.54) is 0 Å². The van der Waals surface area contributed by atoms with E-state index in [0.717, 1.165) is 4.47 Å². The van der Waals surface area contributed by atoms with Gasteiger partial charge in [-0.25, -0.2) is 4.98 Å². The average molecular weight is 334 g/mol. The Kier molecular flexibility index (Phi) is 3.56. The first kappa shape index (κ1) is 12.9. The van der Waals surface area contributed by atoms with Crippen LogP contribution in [0.1, 0.15) is 10.4 Å². The smallest absolute Gasteiger partial charge is 0.216 e. The van der Waals surface area contributed by atoms with Crippen molar-refractivity contribution in [2.75, 3.05) is 13.2 Å². The molecule has 0 unspecified atom stereocenters. The molecule has 1 saturated heterocycles. The summed E-state index contributed by atoms with van der Waals surface area (Å²) in [5, 5.41) is 3.09. The lowest BCUT2D eigenvalue weighted by Crippen LogP contribution is -2.16. The number of imidazole rings is 1. The minimum atomic E-state index is -0.111. The number of Topliss-reactive ketones (excluding diaryl/α,β-unsaturated/α-hetero) is 1. The minimum Gasteiger partial charge on any atom is -0.476 e. The molecule has 1 aromatic heterocycles. The molecule has 1 aromatic carbocycles. The number of halogens is 1. The van der Waals surface area contributed by atoms with Crippen LogP contribution in [0.5, 0.6) is 0 Å². The number of nitrogens with zero attached hydrogens (tertiary/aromatic N) is 2. The molecule has 0 atom stereocenters. The highest BCUT2D eigenvalue weighted by Crippen LogP contribution is 2.20. The van der Waals surface area contributed by atoms with Gasteiger partial charge in [-0.2, -0.15) is 0 Å².